The van der Waals surface area contributed by atoms with Gasteiger partial charge in [0.05, 0.1) is 0 Å². The van der Waals surface area contributed by atoms with E-state index < -0.39 is 11.9 Å². The number of hydrogen-bond donors (Lipinski definition) is 2. The van der Waals surface area contributed by atoms with Gasteiger partial charge in [-0.05, 0) is 6.92 Å². The van der Waals surface area contributed by atoms with E-state index in [1.54, 1.807) is 6.92 Å². The van der Waals surface area contributed by atoms with Gasteiger partial charge in [0, 0.05) is 13.0 Å². The number of carboxylic acid groups (broad SMARTS) is 2. The highest BCUT2D eigenvalue weighted by Crippen LogP contribution is 1.65. The van der Waals surface area contributed by atoms with E-state index in [0.717, 1.165) is 13.0 Å². The summed E-state index contributed by atoms with van der Waals surface area (Å²) in [7, 11) is 0. The zero-order valence-electron chi connectivity index (χ0n) is 5.87. The van der Waals surface area contributed by atoms with Crippen LogP contribution in [0.5, 0.6) is 0 Å². The van der Waals surface area contributed by atoms with Crippen molar-refractivity contribution >= 4 is 11.9 Å². The molecule has 0 spiro atoms. The Hall–Kier alpha value is -1.32. The van der Waals surface area contributed by atoms with Crippen molar-refractivity contribution in [1.82, 2.24) is 0 Å². The quantitative estimate of drug-likeness (QED) is 0.535. The largest absolute Gasteiger partial charge is 0.481 e. The second kappa shape index (κ2) is 7.68. The Morgan fingerprint density at radius 2 is 1.60 bits per heavy atom. The molecule has 4 nitrogen and oxygen atoms in total. The number of hydrogen-bond acceptors (Lipinski definition) is 2. The van der Waals surface area contributed by atoms with E-state index in [0.29, 0.717) is 0 Å². The fourth-order valence-electron chi connectivity index (χ4n) is 0.143. The van der Waals surface area contributed by atoms with Gasteiger partial charge in [0.15, 0.2) is 0 Å². The molecule has 4 heteroatoms. The first-order valence-electron chi connectivity index (χ1n) is 2.55. The normalized spacial score (nSPS) is 8.20. The molecule has 0 aliphatic rings. The predicted molar refractivity (Wildman–Crippen MR) is 35.8 cm³/mol. The summed E-state index contributed by atoms with van der Waals surface area (Å²) in [6.45, 7) is 2.74. The molecule has 0 saturated carbocycles. The summed E-state index contributed by atoms with van der Waals surface area (Å²) in [5.41, 5.74) is 0. The summed E-state index contributed by atoms with van der Waals surface area (Å²) >= 11 is 0. The second-order valence-electron chi connectivity index (χ2n) is 1.36. The first kappa shape index (κ1) is 11.5. The lowest BCUT2D eigenvalue weighted by molar-refractivity contribution is -0.134. The fourth-order valence-corrected chi connectivity index (χ4v) is 0.143. The van der Waals surface area contributed by atoms with Crippen LogP contribution in [0.2, 0.25) is 0 Å². The molecule has 0 bridgehead atoms. The van der Waals surface area contributed by atoms with Gasteiger partial charge in [0.25, 0.3) is 5.97 Å². The first-order chi connectivity index (χ1) is 4.50. The SMILES string of the molecule is C/C=C/C(=O)O.CC(=O)O. The zero-order valence-corrected chi connectivity index (χ0v) is 5.87. The van der Waals surface area contributed by atoms with Crippen LogP contribution in [-0.4, -0.2) is 22.2 Å². The van der Waals surface area contributed by atoms with Crippen LogP contribution in [0.15, 0.2) is 12.2 Å². The predicted octanol–water partition coefficient (Wildman–Crippen LogP) is 0.738. The van der Waals surface area contributed by atoms with E-state index in [1.165, 1.54) is 6.08 Å². The highest BCUT2D eigenvalue weighted by Gasteiger charge is 1.76. The molecule has 0 aliphatic heterocycles. The Kier molecular flexibility index (Phi) is 8.81. The van der Waals surface area contributed by atoms with Crippen LogP contribution in [-0.2, 0) is 9.59 Å². The lowest BCUT2D eigenvalue weighted by Gasteiger charge is -1.68. The van der Waals surface area contributed by atoms with Crippen molar-refractivity contribution in [1.29, 1.82) is 0 Å². The van der Waals surface area contributed by atoms with Crippen LogP contribution < -0.4 is 0 Å². The number of rotatable bonds is 1. The van der Waals surface area contributed by atoms with Gasteiger partial charge in [-0.15, -0.1) is 0 Å². The van der Waals surface area contributed by atoms with Gasteiger partial charge in [-0.3, -0.25) is 4.79 Å². The summed E-state index contributed by atoms with van der Waals surface area (Å²) < 4.78 is 0. The maximum absolute atomic E-state index is 9.51. The van der Waals surface area contributed by atoms with E-state index in [4.69, 9.17) is 15.0 Å². The van der Waals surface area contributed by atoms with Crippen molar-refractivity contribution in [2.45, 2.75) is 13.8 Å². The fraction of sp³-hybridized carbons (Fsp3) is 0.333. The minimum Gasteiger partial charge on any atom is -0.481 e. The van der Waals surface area contributed by atoms with Crippen LogP contribution in [0.3, 0.4) is 0 Å². The van der Waals surface area contributed by atoms with Gasteiger partial charge >= 0.3 is 5.97 Å². The van der Waals surface area contributed by atoms with Gasteiger partial charge < -0.3 is 10.2 Å². The molecule has 0 aliphatic carbocycles. The molecule has 0 fully saturated rings. The topological polar surface area (TPSA) is 74.6 Å². The van der Waals surface area contributed by atoms with E-state index in [-0.39, 0.29) is 0 Å². The molecule has 10 heavy (non-hydrogen) atoms. The monoisotopic (exact) mass is 146 g/mol. The van der Waals surface area contributed by atoms with Crippen LogP contribution in [0.25, 0.3) is 0 Å². The zero-order chi connectivity index (χ0) is 8.57. The summed E-state index contributed by atoms with van der Waals surface area (Å²) in [4.78, 5) is 18.5. The van der Waals surface area contributed by atoms with Crippen LogP contribution in [0.4, 0.5) is 0 Å². The molecule has 0 amide bonds. The summed E-state index contributed by atoms with van der Waals surface area (Å²) in [5, 5.41) is 15.2. The van der Waals surface area contributed by atoms with E-state index in [2.05, 4.69) is 0 Å². The van der Waals surface area contributed by atoms with Crippen molar-refractivity contribution in [2.24, 2.45) is 0 Å². The lowest BCUT2D eigenvalue weighted by atomic mass is 10.5. The maximum atomic E-state index is 9.51. The average molecular weight is 146 g/mol. The molecule has 58 valence electrons. The molecule has 0 rings (SSSR count). The van der Waals surface area contributed by atoms with Crippen molar-refractivity contribution in [3.05, 3.63) is 12.2 Å². The molecular formula is C6H10O4. The van der Waals surface area contributed by atoms with Gasteiger partial charge in [-0.1, -0.05) is 6.08 Å². The molecular weight excluding hydrogens is 136 g/mol. The second-order valence-corrected chi connectivity index (χ2v) is 1.36. The van der Waals surface area contributed by atoms with Crippen LogP contribution in [0.1, 0.15) is 13.8 Å². The van der Waals surface area contributed by atoms with Crippen molar-refractivity contribution in [3.63, 3.8) is 0 Å². The van der Waals surface area contributed by atoms with Crippen molar-refractivity contribution < 1.29 is 19.8 Å². The third kappa shape index (κ3) is 76.4. The van der Waals surface area contributed by atoms with E-state index >= 15 is 0 Å². The Morgan fingerprint density at radius 3 is 1.60 bits per heavy atom. The van der Waals surface area contributed by atoms with Crippen molar-refractivity contribution in [3.8, 4) is 0 Å². The molecule has 0 aromatic carbocycles. The van der Waals surface area contributed by atoms with Gasteiger partial charge in [-0.2, -0.15) is 0 Å². The molecule has 0 radical (unpaired) electrons. The molecule has 0 heterocycles. The Labute approximate surface area is 58.8 Å². The maximum Gasteiger partial charge on any atom is 0.327 e. The summed E-state index contributed by atoms with van der Waals surface area (Å²) in [6.07, 6.45) is 2.56. The minimum atomic E-state index is -0.891. The highest BCUT2D eigenvalue weighted by molar-refractivity contribution is 5.79. The van der Waals surface area contributed by atoms with Crippen LogP contribution in [0, 0.1) is 0 Å². The molecule has 2 N–H and O–H groups in total. The van der Waals surface area contributed by atoms with E-state index in [1.807, 2.05) is 0 Å². The Bertz CT molecular complexity index is 133. The molecule has 0 aromatic rings. The van der Waals surface area contributed by atoms with Gasteiger partial charge in [0.2, 0.25) is 0 Å². The lowest BCUT2D eigenvalue weighted by Crippen LogP contribution is -1.83. The van der Waals surface area contributed by atoms with Crippen molar-refractivity contribution in [2.75, 3.05) is 0 Å². The number of aliphatic carboxylic acids is 2. The third-order valence-electron chi connectivity index (χ3n) is 0.309. The Balaban J connectivity index is 0. The molecule has 0 unspecified atom stereocenters. The Morgan fingerprint density at radius 1 is 1.30 bits per heavy atom. The first-order valence-corrected chi connectivity index (χ1v) is 2.55. The summed E-state index contributed by atoms with van der Waals surface area (Å²) in [6, 6.07) is 0. The smallest absolute Gasteiger partial charge is 0.327 e. The van der Waals surface area contributed by atoms with Gasteiger partial charge in [-0.25, -0.2) is 4.79 Å². The molecule has 0 saturated heterocycles. The van der Waals surface area contributed by atoms with E-state index in [9.17, 15) is 4.79 Å². The summed E-state index contributed by atoms with van der Waals surface area (Å²) in [5.74, 6) is -1.72. The number of allylic oxidation sites excluding steroid dienone is 1. The average Bonchev–Trinajstić information content (AvgIpc) is 1.62. The highest BCUT2D eigenvalue weighted by atomic mass is 16.4. The minimum absolute atomic E-state index is 0.833. The third-order valence-corrected chi connectivity index (χ3v) is 0.309. The number of carbonyl (C=O) groups is 2. The molecule has 0 aromatic heterocycles. The molecule has 0 atom stereocenters. The number of carboxylic acids is 2. The standard InChI is InChI=1S/C4H6O2.C2H4O2/c1-2-3-4(5)6;1-2(3)4/h2-3H,1H3,(H,5,6);1H3,(H,3,4)/b3-2+;. The van der Waals surface area contributed by atoms with Crippen LogP contribution >= 0.6 is 0 Å². The van der Waals surface area contributed by atoms with Gasteiger partial charge in [0.1, 0.15) is 0 Å².